The second-order valence-electron chi connectivity index (χ2n) is 4.48. The standard InChI is InChI=1S/C17H16N.CH3.Ni/c1-5-14(6-2)8-9-15-13(4)18-17-10-7-12(3)11-16(15)17;;/h1-2,5-11,18H,3-4H3;1H3;/q2*-1;/b9-8+,14-5+;;. The van der Waals surface area contributed by atoms with Crippen molar-refractivity contribution in [3.63, 3.8) is 0 Å². The number of H-pyrrole nitrogens is 1. The van der Waals surface area contributed by atoms with E-state index in [4.69, 9.17) is 6.58 Å². The first-order valence-corrected chi connectivity index (χ1v) is 6.65. The molecule has 0 fully saturated rings. The molecule has 1 heterocycles. The molecular weight excluding hydrogens is 289 g/mol. The molecule has 0 atom stereocenters. The summed E-state index contributed by atoms with van der Waals surface area (Å²) >= 11 is 4.53. The van der Waals surface area contributed by atoms with E-state index in [1.807, 2.05) is 12.2 Å². The van der Waals surface area contributed by atoms with Gasteiger partial charge in [0, 0.05) is 0 Å². The van der Waals surface area contributed by atoms with Gasteiger partial charge in [0.05, 0.1) is 0 Å². The average Bonchev–Trinajstić information content (AvgIpc) is 2.70. The molecule has 0 aliphatic carbocycles. The van der Waals surface area contributed by atoms with Crippen LogP contribution in [0.15, 0.2) is 42.0 Å². The summed E-state index contributed by atoms with van der Waals surface area (Å²) in [6, 6.07) is 6.41. The van der Waals surface area contributed by atoms with Gasteiger partial charge in [-0.25, -0.2) is 0 Å². The molecular formula is C18H19NNi-2. The zero-order valence-corrected chi connectivity index (χ0v) is 13.0. The maximum atomic E-state index is 5.56. The molecule has 20 heavy (non-hydrogen) atoms. The van der Waals surface area contributed by atoms with Crippen molar-refractivity contribution < 1.29 is 15.0 Å². The van der Waals surface area contributed by atoms with E-state index in [1.54, 1.807) is 11.1 Å². The Bertz CT molecular complexity index is 687. The molecule has 2 heteroatoms. The van der Waals surface area contributed by atoms with Crippen LogP contribution in [-0.2, 0) is 15.0 Å². The normalized spacial score (nSPS) is 11.7. The average molecular weight is 308 g/mol. The van der Waals surface area contributed by atoms with Crippen LogP contribution < -0.4 is 0 Å². The fourth-order valence-corrected chi connectivity index (χ4v) is 2.27. The largest absolute Gasteiger partial charge is 0.358 e. The number of hydrogen-bond donors (Lipinski definition) is 1. The summed E-state index contributed by atoms with van der Waals surface area (Å²) in [5, 5.41) is 1.23. The molecule has 0 spiro atoms. The van der Waals surface area contributed by atoms with Crippen molar-refractivity contribution in [2.75, 3.05) is 0 Å². The maximum absolute atomic E-state index is 5.56. The Morgan fingerprint density at radius 2 is 2.05 bits per heavy atom. The van der Waals surface area contributed by atoms with E-state index in [0.29, 0.717) is 0 Å². The van der Waals surface area contributed by atoms with Gasteiger partial charge in [-0.3, -0.25) is 0 Å². The zero-order chi connectivity index (χ0) is 13.8. The van der Waals surface area contributed by atoms with Gasteiger partial charge in [0.25, 0.3) is 0 Å². The molecule has 108 valence electrons. The van der Waals surface area contributed by atoms with Crippen molar-refractivity contribution in [1.82, 2.24) is 4.98 Å². The third kappa shape index (κ3) is 3.46. The Balaban J connectivity index is 0.00000200. The van der Waals surface area contributed by atoms with Crippen LogP contribution in [0.4, 0.5) is 0 Å². The van der Waals surface area contributed by atoms with Crippen molar-refractivity contribution in [1.29, 1.82) is 0 Å². The van der Waals surface area contributed by atoms with Gasteiger partial charge in [-0.1, -0.05) is 0 Å². The number of aromatic amines is 1. The van der Waals surface area contributed by atoms with E-state index < -0.39 is 0 Å². The molecule has 0 aliphatic rings. The third-order valence-corrected chi connectivity index (χ3v) is 3.24. The molecule has 0 radical (unpaired) electrons. The first kappa shape index (κ1) is 16.4. The van der Waals surface area contributed by atoms with Crippen LogP contribution in [0.1, 0.15) is 16.8 Å². The molecule has 1 nitrogen and oxygen atoms in total. The maximum Gasteiger partial charge on any atom is -0.358 e. The minimum absolute atomic E-state index is 0. The van der Waals surface area contributed by atoms with Crippen LogP contribution in [0.3, 0.4) is 0 Å². The number of aryl methyl sites for hydroxylation is 2. The van der Waals surface area contributed by atoms with Gasteiger partial charge < -0.3 is 7.43 Å². The minimum atomic E-state index is 0. The predicted octanol–water partition coefficient (Wildman–Crippen LogP) is 4.51. The molecule has 1 N–H and O–H groups in total. The van der Waals surface area contributed by atoms with E-state index in [-0.39, 0.29) is 7.43 Å². The van der Waals surface area contributed by atoms with Gasteiger partial charge in [-0.2, -0.15) is 0 Å². The van der Waals surface area contributed by atoms with Gasteiger partial charge in [-0.15, -0.1) is 0 Å². The number of hydrogen-bond acceptors (Lipinski definition) is 0. The summed E-state index contributed by atoms with van der Waals surface area (Å²) in [6.45, 7) is 9.73. The van der Waals surface area contributed by atoms with E-state index in [9.17, 15) is 0 Å². The molecule has 0 aliphatic heterocycles. The Labute approximate surface area is 129 Å². The Kier molecular flexibility index (Phi) is 5.91. The molecule has 0 bridgehead atoms. The second kappa shape index (κ2) is 7.21. The Morgan fingerprint density at radius 1 is 1.30 bits per heavy atom. The fraction of sp³-hybridized carbons (Fsp3) is 0.111. The number of allylic oxidation sites excluding steroid dienone is 4. The summed E-state index contributed by atoms with van der Waals surface area (Å²) in [6.07, 6.45) is 7.44. The van der Waals surface area contributed by atoms with Gasteiger partial charge in [-0.05, 0) is 0 Å². The number of rotatable bonds is 4. The van der Waals surface area contributed by atoms with E-state index >= 15 is 0 Å². The van der Waals surface area contributed by atoms with Crippen molar-refractivity contribution >= 4 is 22.0 Å². The molecule has 0 saturated heterocycles. The van der Waals surface area contributed by atoms with Crippen LogP contribution >= 0.6 is 0 Å². The molecule has 0 saturated carbocycles. The zero-order valence-electron chi connectivity index (χ0n) is 12.0. The molecule has 1 aromatic heterocycles. The van der Waals surface area contributed by atoms with Gasteiger partial charge >= 0.3 is 121 Å². The van der Waals surface area contributed by atoms with Crippen molar-refractivity contribution in [2.45, 2.75) is 13.8 Å². The van der Waals surface area contributed by atoms with Gasteiger partial charge in [0.2, 0.25) is 0 Å². The van der Waals surface area contributed by atoms with Crippen LogP contribution in [0.25, 0.3) is 17.0 Å². The molecule has 0 unspecified atom stereocenters. The van der Waals surface area contributed by atoms with Crippen molar-refractivity contribution in [2.24, 2.45) is 0 Å². The Hall–Kier alpha value is -1.66. The molecule has 2 aromatic rings. The molecule has 1 aromatic carbocycles. The summed E-state index contributed by atoms with van der Waals surface area (Å²) < 4.78 is 0. The van der Waals surface area contributed by atoms with E-state index in [2.05, 4.69) is 58.1 Å². The number of aromatic nitrogens is 1. The summed E-state index contributed by atoms with van der Waals surface area (Å²) in [7, 11) is 0. The SMILES string of the molecule is [CH-]=CC(/C=C/c1c(C)[nH]c2ccc(C)cc12)=C\[CH]=[Ni].[CH3-]. The number of benzene rings is 1. The fourth-order valence-electron chi connectivity index (χ4n) is 2.08. The predicted molar refractivity (Wildman–Crippen MR) is 86.2 cm³/mol. The van der Waals surface area contributed by atoms with Crippen LogP contribution in [0, 0.1) is 27.9 Å². The number of fused-ring (bicyclic) bond motifs is 1. The van der Waals surface area contributed by atoms with Crippen molar-refractivity contribution in [3.8, 4) is 0 Å². The summed E-state index contributed by atoms with van der Waals surface area (Å²) in [5.74, 6) is 0. The third-order valence-electron chi connectivity index (χ3n) is 3.07. The monoisotopic (exact) mass is 307 g/mol. The summed E-state index contributed by atoms with van der Waals surface area (Å²) in [5.41, 5.74) is 5.66. The number of nitrogens with one attached hydrogen (secondary N) is 1. The van der Waals surface area contributed by atoms with Crippen molar-refractivity contribution in [3.05, 3.63) is 72.8 Å². The van der Waals surface area contributed by atoms with Crippen LogP contribution in [-0.4, -0.2) is 9.98 Å². The van der Waals surface area contributed by atoms with E-state index in [0.717, 1.165) is 16.8 Å². The smallest absolute Gasteiger partial charge is 0.358 e. The van der Waals surface area contributed by atoms with Crippen LogP contribution in [0.5, 0.6) is 0 Å². The Morgan fingerprint density at radius 3 is 2.70 bits per heavy atom. The minimum Gasteiger partial charge on any atom is -0.358 e. The molecule has 2 rings (SSSR count). The second-order valence-corrected chi connectivity index (χ2v) is 4.81. The van der Waals surface area contributed by atoms with E-state index in [1.165, 1.54) is 16.5 Å². The topological polar surface area (TPSA) is 15.8 Å². The quantitative estimate of drug-likeness (QED) is 0.486. The summed E-state index contributed by atoms with van der Waals surface area (Å²) in [4.78, 5) is 5.00. The first-order valence-electron chi connectivity index (χ1n) is 6.08. The van der Waals surface area contributed by atoms with Gasteiger partial charge in [0.15, 0.2) is 0 Å². The van der Waals surface area contributed by atoms with Gasteiger partial charge in [0.1, 0.15) is 0 Å². The first-order chi connectivity index (χ1) is 9.15. The molecule has 0 amide bonds. The van der Waals surface area contributed by atoms with Crippen LogP contribution in [0.2, 0.25) is 0 Å².